The van der Waals surface area contributed by atoms with Crippen molar-refractivity contribution < 1.29 is 14.7 Å². The molecule has 1 saturated heterocycles. The Kier molecular flexibility index (Phi) is 4.88. The minimum absolute atomic E-state index is 0.0510. The van der Waals surface area contributed by atoms with E-state index in [1.165, 1.54) is 10.6 Å². The van der Waals surface area contributed by atoms with E-state index in [0.29, 0.717) is 28.2 Å². The smallest absolute Gasteiger partial charge is 0.305 e. The van der Waals surface area contributed by atoms with Gasteiger partial charge in [0.1, 0.15) is 10.8 Å². The predicted molar refractivity (Wildman–Crippen MR) is 79.8 cm³/mol. The third kappa shape index (κ3) is 3.07. The van der Waals surface area contributed by atoms with Crippen LogP contribution in [0.5, 0.6) is 0 Å². The molecule has 0 bridgehead atoms. The molecule has 1 fully saturated rings. The lowest BCUT2D eigenvalue weighted by Gasteiger charge is -2.34. The zero-order valence-corrected chi connectivity index (χ0v) is 13.1. The molecule has 8 heteroatoms. The van der Waals surface area contributed by atoms with Gasteiger partial charge in [0, 0.05) is 25.1 Å². The molecular formula is C12H14Cl2N2O3S. The van der Waals surface area contributed by atoms with Crippen molar-refractivity contribution in [2.24, 2.45) is 7.05 Å². The van der Waals surface area contributed by atoms with E-state index in [1.54, 1.807) is 23.7 Å². The zero-order valence-electron chi connectivity index (χ0n) is 10.8. The van der Waals surface area contributed by atoms with Gasteiger partial charge in [-0.15, -0.1) is 0 Å². The number of carbonyl (C=O) groups excluding carboxylic acids is 1. The predicted octanol–water partition coefficient (Wildman–Crippen LogP) is 2.36. The molecule has 1 N–H and O–H groups in total. The van der Waals surface area contributed by atoms with Crippen LogP contribution in [-0.4, -0.2) is 50.5 Å². The van der Waals surface area contributed by atoms with Gasteiger partial charge in [-0.05, 0) is 6.07 Å². The Balaban J connectivity index is 2.25. The van der Waals surface area contributed by atoms with E-state index in [-0.39, 0.29) is 18.4 Å². The van der Waals surface area contributed by atoms with Crippen LogP contribution in [0.1, 0.15) is 16.9 Å². The molecule has 5 nitrogen and oxygen atoms in total. The number of aromatic nitrogens is 1. The average Bonchev–Trinajstić information content (AvgIpc) is 2.66. The molecule has 1 aromatic heterocycles. The van der Waals surface area contributed by atoms with Gasteiger partial charge in [-0.25, -0.2) is 0 Å². The zero-order chi connectivity index (χ0) is 14.9. The lowest BCUT2D eigenvalue weighted by molar-refractivity contribution is -0.138. The number of aliphatic carboxylic acids is 1. The van der Waals surface area contributed by atoms with Crippen molar-refractivity contribution in [3.05, 3.63) is 21.9 Å². The average molecular weight is 337 g/mol. The molecule has 1 unspecified atom stereocenters. The Morgan fingerprint density at radius 3 is 2.75 bits per heavy atom. The number of rotatable bonds is 3. The highest BCUT2D eigenvalue weighted by Crippen LogP contribution is 2.28. The highest BCUT2D eigenvalue weighted by molar-refractivity contribution is 7.99. The van der Waals surface area contributed by atoms with E-state index in [4.69, 9.17) is 28.3 Å². The lowest BCUT2D eigenvalue weighted by atomic mass is 10.2. The number of carbonyl (C=O) groups is 2. The molecule has 2 heterocycles. The Hall–Kier alpha value is -0.850. The quantitative estimate of drug-likeness (QED) is 0.920. The van der Waals surface area contributed by atoms with Crippen molar-refractivity contribution in [3.8, 4) is 0 Å². The summed E-state index contributed by atoms with van der Waals surface area (Å²) in [5.41, 5.74) is 0.377. The summed E-state index contributed by atoms with van der Waals surface area (Å²) in [7, 11) is 1.66. The van der Waals surface area contributed by atoms with Crippen LogP contribution < -0.4 is 0 Å². The van der Waals surface area contributed by atoms with E-state index in [1.807, 2.05) is 0 Å². The highest BCUT2D eigenvalue weighted by atomic mass is 35.5. The third-order valence-electron chi connectivity index (χ3n) is 3.23. The molecule has 0 spiro atoms. The van der Waals surface area contributed by atoms with Crippen molar-refractivity contribution >= 4 is 46.8 Å². The Morgan fingerprint density at radius 2 is 2.20 bits per heavy atom. The highest BCUT2D eigenvalue weighted by Gasteiger charge is 2.31. The van der Waals surface area contributed by atoms with Crippen LogP contribution in [0.2, 0.25) is 10.2 Å². The SMILES string of the molecule is Cn1c(C(=O)N2CCSCC2CC(=O)O)cc(Cl)c1Cl. The van der Waals surface area contributed by atoms with Crippen LogP contribution in [0.3, 0.4) is 0 Å². The topological polar surface area (TPSA) is 62.5 Å². The molecule has 0 saturated carbocycles. The second-order valence-electron chi connectivity index (χ2n) is 4.55. The van der Waals surface area contributed by atoms with Crippen molar-refractivity contribution in [3.63, 3.8) is 0 Å². The maximum Gasteiger partial charge on any atom is 0.305 e. The fraction of sp³-hybridized carbons (Fsp3) is 0.500. The van der Waals surface area contributed by atoms with Crippen molar-refractivity contribution in [1.82, 2.24) is 9.47 Å². The second-order valence-corrected chi connectivity index (χ2v) is 6.47. The molecule has 0 radical (unpaired) electrons. The van der Waals surface area contributed by atoms with Crippen LogP contribution >= 0.6 is 35.0 Å². The first kappa shape index (κ1) is 15.5. The van der Waals surface area contributed by atoms with E-state index < -0.39 is 5.97 Å². The summed E-state index contributed by atoms with van der Waals surface area (Å²) in [6.45, 7) is 0.530. The number of nitrogens with zero attached hydrogens (tertiary/aromatic N) is 2. The van der Waals surface area contributed by atoms with Crippen molar-refractivity contribution in [1.29, 1.82) is 0 Å². The molecule has 1 aromatic rings. The second kappa shape index (κ2) is 6.28. The summed E-state index contributed by atoms with van der Waals surface area (Å²) in [6.07, 6.45) is -0.0510. The van der Waals surface area contributed by atoms with Crippen molar-refractivity contribution in [2.75, 3.05) is 18.1 Å². The maximum atomic E-state index is 12.6. The summed E-state index contributed by atoms with van der Waals surface area (Å²) < 4.78 is 1.52. The van der Waals surface area contributed by atoms with Gasteiger partial charge in [-0.3, -0.25) is 9.59 Å². The Labute approximate surface area is 130 Å². The fourth-order valence-electron chi connectivity index (χ4n) is 2.19. The number of thioether (sulfide) groups is 1. The molecule has 0 aliphatic carbocycles. The number of carboxylic acid groups (broad SMARTS) is 1. The molecule has 0 aromatic carbocycles. The molecule has 1 amide bonds. The van der Waals surface area contributed by atoms with Gasteiger partial charge in [0.25, 0.3) is 5.91 Å². The first-order chi connectivity index (χ1) is 9.41. The minimum Gasteiger partial charge on any atom is -0.481 e. The summed E-state index contributed by atoms with van der Waals surface area (Å²) in [4.78, 5) is 25.1. The fourth-order valence-corrected chi connectivity index (χ4v) is 3.63. The van der Waals surface area contributed by atoms with Gasteiger partial charge < -0.3 is 14.6 Å². The van der Waals surface area contributed by atoms with Crippen LogP contribution in [0, 0.1) is 0 Å². The molecule has 20 heavy (non-hydrogen) atoms. The first-order valence-electron chi connectivity index (χ1n) is 6.03. The Bertz CT molecular complexity index is 547. The molecule has 1 atom stereocenters. The monoisotopic (exact) mass is 336 g/mol. The van der Waals surface area contributed by atoms with E-state index in [2.05, 4.69) is 0 Å². The van der Waals surface area contributed by atoms with Crippen molar-refractivity contribution in [2.45, 2.75) is 12.5 Å². The summed E-state index contributed by atoms with van der Waals surface area (Å²) >= 11 is 13.5. The van der Waals surface area contributed by atoms with E-state index in [0.717, 1.165) is 5.75 Å². The maximum absolute atomic E-state index is 12.6. The number of amides is 1. The standard InChI is InChI=1S/C12H14Cl2N2O3S/c1-15-9(5-8(13)11(15)14)12(19)16-2-3-20-6-7(16)4-10(17)18/h5,7H,2-4,6H2,1H3,(H,17,18). The number of hydrogen-bond donors (Lipinski definition) is 1. The van der Waals surface area contributed by atoms with E-state index in [9.17, 15) is 9.59 Å². The number of hydrogen-bond acceptors (Lipinski definition) is 3. The van der Waals surface area contributed by atoms with Gasteiger partial charge in [0.15, 0.2) is 0 Å². The van der Waals surface area contributed by atoms with E-state index >= 15 is 0 Å². The minimum atomic E-state index is -0.904. The van der Waals surface area contributed by atoms with Gasteiger partial charge in [-0.2, -0.15) is 11.8 Å². The molecule has 2 rings (SSSR count). The number of carboxylic acids is 1. The molecular weight excluding hydrogens is 323 g/mol. The third-order valence-corrected chi connectivity index (χ3v) is 5.17. The number of halogens is 2. The van der Waals surface area contributed by atoms with Gasteiger partial charge in [0.05, 0.1) is 17.5 Å². The van der Waals surface area contributed by atoms with Crippen LogP contribution in [0.4, 0.5) is 0 Å². The lowest BCUT2D eigenvalue weighted by Crippen LogP contribution is -2.47. The van der Waals surface area contributed by atoms with Crippen LogP contribution in [0.25, 0.3) is 0 Å². The first-order valence-corrected chi connectivity index (χ1v) is 7.94. The van der Waals surface area contributed by atoms with Gasteiger partial charge in [-0.1, -0.05) is 23.2 Å². The van der Waals surface area contributed by atoms with Crippen LogP contribution in [0.15, 0.2) is 6.07 Å². The molecule has 1 aliphatic heterocycles. The van der Waals surface area contributed by atoms with Gasteiger partial charge in [0.2, 0.25) is 0 Å². The summed E-state index contributed by atoms with van der Waals surface area (Å²) in [5, 5.41) is 9.56. The summed E-state index contributed by atoms with van der Waals surface area (Å²) in [6, 6.07) is 1.22. The largest absolute Gasteiger partial charge is 0.481 e. The van der Waals surface area contributed by atoms with Crippen LogP contribution in [-0.2, 0) is 11.8 Å². The normalized spacial score (nSPS) is 19.1. The molecule has 110 valence electrons. The Morgan fingerprint density at radius 1 is 1.50 bits per heavy atom. The summed E-state index contributed by atoms with van der Waals surface area (Å²) in [5.74, 6) is 0.295. The molecule has 1 aliphatic rings. The van der Waals surface area contributed by atoms with Gasteiger partial charge >= 0.3 is 5.97 Å².